The van der Waals surface area contributed by atoms with Gasteiger partial charge < -0.3 is 10.6 Å². The fourth-order valence-corrected chi connectivity index (χ4v) is 1.56. The molecule has 0 saturated heterocycles. The number of nitrogens with one attached hydrogen (secondary N) is 1. The Labute approximate surface area is 103 Å². The topological polar surface area (TPSA) is 75.0 Å². The molecule has 1 aromatic heterocycles. The van der Waals surface area contributed by atoms with Crippen LogP contribution in [0.5, 0.6) is 0 Å². The molecule has 0 fully saturated rings. The molecule has 18 heavy (non-hydrogen) atoms. The summed E-state index contributed by atoms with van der Waals surface area (Å²) in [5.74, 6) is -0.791. The average Bonchev–Trinajstić information content (AvgIpc) is 2.68. The number of rotatable bonds is 2. The number of nitrogens with two attached hydrogens (primary N) is 1. The third-order valence-corrected chi connectivity index (χ3v) is 2.70. The highest BCUT2D eigenvalue weighted by Gasteiger charge is 2.20. The molecule has 0 aliphatic rings. The molecule has 6 heteroatoms. The molecule has 0 saturated carbocycles. The molecule has 1 aromatic carbocycles. The number of aromatic nitrogens is 2. The molecule has 0 bridgehead atoms. The van der Waals surface area contributed by atoms with Gasteiger partial charge in [-0.3, -0.25) is 9.89 Å². The zero-order valence-electron chi connectivity index (χ0n) is 10.1. The maximum atomic E-state index is 13.1. The van der Waals surface area contributed by atoms with E-state index >= 15 is 0 Å². The van der Waals surface area contributed by atoms with Crippen molar-refractivity contribution >= 4 is 17.3 Å². The van der Waals surface area contributed by atoms with E-state index in [-0.39, 0.29) is 11.6 Å². The molecule has 0 aliphatic heterocycles. The van der Waals surface area contributed by atoms with E-state index in [9.17, 15) is 9.18 Å². The Morgan fingerprint density at radius 2 is 2.22 bits per heavy atom. The molecule has 0 radical (unpaired) electrons. The number of anilines is 2. The number of nitrogens with zero attached hydrogens (tertiary/aromatic N) is 2. The van der Waals surface area contributed by atoms with Crippen LogP contribution in [0.1, 0.15) is 16.2 Å². The summed E-state index contributed by atoms with van der Waals surface area (Å²) >= 11 is 0. The third-order valence-electron chi connectivity index (χ3n) is 2.70. The molecule has 94 valence electrons. The highest BCUT2D eigenvalue weighted by atomic mass is 19.1. The van der Waals surface area contributed by atoms with E-state index in [0.717, 1.165) is 0 Å². The first-order valence-corrected chi connectivity index (χ1v) is 5.34. The van der Waals surface area contributed by atoms with Gasteiger partial charge in [0.05, 0.1) is 11.4 Å². The lowest BCUT2D eigenvalue weighted by Crippen LogP contribution is -2.27. The predicted molar refractivity (Wildman–Crippen MR) is 66.9 cm³/mol. The first-order chi connectivity index (χ1) is 8.50. The van der Waals surface area contributed by atoms with E-state index in [4.69, 9.17) is 5.73 Å². The normalized spacial score (nSPS) is 10.4. The van der Waals surface area contributed by atoms with Crippen molar-refractivity contribution < 1.29 is 9.18 Å². The monoisotopic (exact) mass is 248 g/mol. The van der Waals surface area contributed by atoms with E-state index in [2.05, 4.69) is 10.2 Å². The molecular formula is C12H13FN4O. The largest absolute Gasteiger partial charge is 0.395 e. The first-order valence-electron chi connectivity index (χ1n) is 5.34. The van der Waals surface area contributed by atoms with Gasteiger partial charge in [-0.15, -0.1) is 0 Å². The number of H-pyrrole nitrogens is 1. The van der Waals surface area contributed by atoms with Gasteiger partial charge in [-0.25, -0.2) is 4.39 Å². The fraction of sp³-hybridized carbons (Fsp3) is 0.167. The summed E-state index contributed by atoms with van der Waals surface area (Å²) in [5.41, 5.74) is 7.26. The van der Waals surface area contributed by atoms with Crippen LogP contribution in [0.2, 0.25) is 0 Å². The number of aromatic amines is 1. The first kappa shape index (κ1) is 12.1. The summed E-state index contributed by atoms with van der Waals surface area (Å²) < 4.78 is 13.1. The van der Waals surface area contributed by atoms with Gasteiger partial charge in [0.1, 0.15) is 5.82 Å². The van der Waals surface area contributed by atoms with Crippen molar-refractivity contribution in [1.82, 2.24) is 10.2 Å². The Balaban J connectivity index is 2.32. The number of carbonyl (C=O) groups excluding carboxylic acids is 1. The molecule has 0 aliphatic carbocycles. The second-order valence-electron chi connectivity index (χ2n) is 3.95. The minimum atomic E-state index is -0.404. The van der Waals surface area contributed by atoms with E-state index in [1.54, 1.807) is 20.0 Å². The van der Waals surface area contributed by atoms with Crippen LogP contribution in [0.25, 0.3) is 0 Å². The number of benzene rings is 1. The average molecular weight is 248 g/mol. The number of amides is 1. The predicted octanol–water partition coefficient (Wildman–Crippen LogP) is 1.72. The van der Waals surface area contributed by atoms with Crippen molar-refractivity contribution in [3.63, 3.8) is 0 Å². The Bertz CT molecular complexity index is 594. The molecule has 1 heterocycles. The van der Waals surface area contributed by atoms with Crippen molar-refractivity contribution in [2.24, 2.45) is 0 Å². The standard InChI is InChI=1S/C12H13FN4O/c1-7-10(14)11(16-15-7)12(18)17(2)9-5-3-4-8(13)6-9/h3-6H,14H2,1-2H3,(H,15,16). The van der Waals surface area contributed by atoms with Crippen LogP contribution in [-0.4, -0.2) is 23.2 Å². The maximum Gasteiger partial charge on any atom is 0.280 e. The van der Waals surface area contributed by atoms with Crippen molar-refractivity contribution in [3.05, 3.63) is 41.5 Å². The number of nitrogen functional groups attached to an aromatic ring is 1. The molecule has 0 atom stereocenters. The lowest BCUT2D eigenvalue weighted by atomic mass is 10.2. The van der Waals surface area contributed by atoms with Crippen molar-refractivity contribution in [2.45, 2.75) is 6.92 Å². The highest BCUT2D eigenvalue weighted by Crippen LogP contribution is 2.19. The number of carbonyl (C=O) groups is 1. The Hall–Kier alpha value is -2.37. The second-order valence-corrected chi connectivity index (χ2v) is 3.95. The van der Waals surface area contributed by atoms with Gasteiger partial charge in [-0.1, -0.05) is 6.07 Å². The smallest absolute Gasteiger partial charge is 0.280 e. The molecule has 5 nitrogen and oxygen atoms in total. The molecule has 1 amide bonds. The zero-order valence-corrected chi connectivity index (χ0v) is 10.1. The summed E-state index contributed by atoms with van der Waals surface area (Å²) in [5, 5.41) is 6.49. The minimum Gasteiger partial charge on any atom is -0.395 e. The summed E-state index contributed by atoms with van der Waals surface area (Å²) in [6.07, 6.45) is 0. The van der Waals surface area contributed by atoms with Crippen LogP contribution in [0.3, 0.4) is 0 Å². The van der Waals surface area contributed by atoms with E-state index < -0.39 is 5.82 Å². The number of hydrogen-bond acceptors (Lipinski definition) is 3. The summed E-state index contributed by atoms with van der Waals surface area (Å²) in [4.78, 5) is 13.4. The number of hydrogen-bond donors (Lipinski definition) is 2. The summed E-state index contributed by atoms with van der Waals surface area (Å²) in [6, 6.07) is 5.76. The SMILES string of the molecule is Cc1[nH]nc(C(=O)N(C)c2cccc(F)c2)c1N. The molecule has 3 N–H and O–H groups in total. The molecule has 0 spiro atoms. The van der Waals surface area contributed by atoms with Crippen LogP contribution in [0.4, 0.5) is 15.8 Å². The molecule has 2 rings (SSSR count). The molecular weight excluding hydrogens is 235 g/mol. The van der Waals surface area contributed by atoms with Crippen molar-refractivity contribution in [1.29, 1.82) is 0 Å². The van der Waals surface area contributed by atoms with Crippen LogP contribution in [0.15, 0.2) is 24.3 Å². The van der Waals surface area contributed by atoms with Gasteiger partial charge in [-0.05, 0) is 25.1 Å². The lowest BCUT2D eigenvalue weighted by molar-refractivity contribution is 0.0989. The van der Waals surface area contributed by atoms with E-state index in [1.807, 2.05) is 0 Å². The molecule has 2 aromatic rings. The van der Waals surface area contributed by atoms with Crippen LogP contribution in [-0.2, 0) is 0 Å². The zero-order chi connectivity index (χ0) is 13.3. The second kappa shape index (κ2) is 4.48. The van der Waals surface area contributed by atoms with Crippen LogP contribution < -0.4 is 10.6 Å². The van der Waals surface area contributed by atoms with Gasteiger partial charge in [0.2, 0.25) is 0 Å². The van der Waals surface area contributed by atoms with E-state index in [0.29, 0.717) is 17.1 Å². The quantitative estimate of drug-likeness (QED) is 0.849. The van der Waals surface area contributed by atoms with E-state index in [1.165, 1.54) is 23.1 Å². The minimum absolute atomic E-state index is 0.138. The van der Waals surface area contributed by atoms with Gasteiger partial charge >= 0.3 is 0 Å². The number of halogens is 1. The van der Waals surface area contributed by atoms with Crippen LogP contribution >= 0.6 is 0 Å². The fourth-order valence-electron chi connectivity index (χ4n) is 1.56. The summed E-state index contributed by atoms with van der Waals surface area (Å²) in [7, 11) is 1.54. The maximum absolute atomic E-state index is 13.1. The number of aryl methyl sites for hydroxylation is 1. The molecule has 0 unspecified atom stereocenters. The summed E-state index contributed by atoms with van der Waals surface area (Å²) in [6.45, 7) is 1.72. The van der Waals surface area contributed by atoms with Crippen LogP contribution in [0, 0.1) is 12.7 Å². The lowest BCUT2D eigenvalue weighted by Gasteiger charge is -2.16. The Kier molecular flexibility index (Phi) is 3.01. The third kappa shape index (κ3) is 2.04. The Morgan fingerprint density at radius 1 is 1.50 bits per heavy atom. The highest BCUT2D eigenvalue weighted by molar-refractivity contribution is 6.07. The van der Waals surface area contributed by atoms with Gasteiger partial charge in [0.25, 0.3) is 5.91 Å². The Morgan fingerprint density at radius 3 is 2.78 bits per heavy atom. The van der Waals surface area contributed by atoms with Gasteiger partial charge in [0.15, 0.2) is 5.69 Å². The van der Waals surface area contributed by atoms with Gasteiger partial charge in [0, 0.05) is 12.7 Å². The van der Waals surface area contributed by atoms with Crippen molar-refractivity contribution in [3.8, 4) is 0 Å². The van der Waals surface area contributed by atoms with Crippen molar-refractivity contribution in [2.75, 3.05) is 17.7 Å². The van der Waals surface area contributed by atoms with Gasteiger partial charge in [-0.2, -0.15) is 5.10 Å².